The van der Waals surface area contributed by atoms with Gasteiger partial charge in [-0.3, -0.25) is 4.79 Å². The first-order chi connectivity index (χ1) is 14.9. The molecule has 3 aromatic carbocycles. The number of ether oxygens (including phenoxy) is 2. The second-order valence-corrected chi connectivity index (χ2v) is 7.21. The maximum absolute atomic E-state index is 12.2. The zero-order chi connectivity index (χ0) is 22.2. The summed E-state index contributed by atoms with van der Waals surface area (Å²) in [6.07, 6.45) is 0.750. The van der Waals surface area contributed by atoms with E-state index in [1.54, 1.807) is 67.6 Å². The van der Waals surface area contributed by atoms with E-state index in [9.17, 15) is 9.59 Å². The highest BCUT2D eigenvalue weighted by Gasteiger charge is 2.13. The van der Waals surface area contributed by atoms with Crippen LogP contribution in [0.1, 0.15) is 28.4 Å². The number of amides is 1. The highest BCUT2D eigenvalue weighted by atomic mass is 35.5. The quantitative estimate of drug-likeness (QED) is 0.250. The molecule has 3 rings (SSSR count). The normalized spacial score (nSPS) is 11.7. The van der Waals surface area contributed by atoms with Crippen LogP contribution in [0.4, 0.5) is 0 Å². The number of benzene rings is 3. The van der Waals surface area contributed by atoms with Crippen molar-refractivity contribution in [1.29, 1.82) is 0 Å². The molecule has 0 saturated carbocycles. The van der Waals surface area contributed by atoms with Crippen molar-refractivity contribution in [2.24, 2.45) is 5.10 Å². The highest BCUT2D eigenvalue weighted by molar-refractivity contribution is 6.30. The van der Waals surface area contributed by atoms with Gasteiger partial charge in [0.25, 0.3) is 5.91 Å². The van der Waals surface area contributed by atoms with Crippen molar-refractivity contribution in [3.8, 4) is 11.5 Å². The van der Waals surface area contributed by atoms with Crippen LogP contribution < -0.4 is 14.9 Å². The van der Waals surface area contributed by atoms with Gasteiger partial charge in [0.15, 0.2) is 6.10 Å². The van der Waals surface area contributed by atoms with E-state index >= 15 is 0 Å². The first-order valence-corrected chi connectivity index (χ1v) is 9.92. The fraction of sp³-hybridized carbons (Fsp3) is 0.125. The van der Waals surface area contributed by atoms with Crippen LogP contribution in [-0.4, -0.2) is 24.2 Å². The first-order valence-electron chi connectivity index (χ1n) is 9.55. The number of carbonyl (C=O) groups is 2. The average molecular weight is 437 g/mol. The van der Waals surface area contributed by atoms with Crippen LogP contribution in [0, 0.1) is 6.92 Å². The number of rotatable bonds is 7. The Kier molecular flexibility index (Phi) is 7.40. The monoisotopic (exact) mass is 436 g/mol. The molecule has 1 N–H and O–H groups in total. The molecule has 0 radical (unpaired) electrons. The summed E-state index contributed by atoms with van der Waals surface area (Å²) >= 11 is 5.83. The van der Waals surface area contributed by atoms with Crippen LogP contribution in [-0.2, 0) is 4.79 Å². The molecule has 7 heteroatoms. The summed E-state index contributed by atoms with van der Waals surface area (Å²) in [4.78, 5) is 24.3. The van der Waals surface area contributed by atoms with Crippen molar-refractivity contribution in [3.05, 3.63) is 94.5 Å². The molecule has 1 atom stereocenters. The molecule has 158 valence electrons. The van der Waals surface area contributed by atoms with Crippen LogP contribution in [0.3, 0.4) is 0 Å². The molecule has 0 spiro atoms. The van der Waals surface area contributed by atoms with Crippen molar-refractivity contribution in [1.82, 2.24) is 5.43 Å². The zero-order valence-corrected chi connectivity index (χ0v) is 17.8. The van der Waals surface area contributed by atoms with E-state index in [0.717, 1.165) is 11.1 Å². The second kappa shape index (κ2) is 10.4. The Labute approximate surface area is 185 Å². The number of halogens is 1. The molecule has 0 bridgehead atoms. The maximum atomic E-state index is 12.2. The first kappa shape index (κ1) is 22.1. The Morgan fingerprint density at radius 1 is 0.935 bits per heavy atom. The zero-order valence-electron chi connectivity index (χ0n) is 17.0. The summed E-state index contributed by atoms with van der Waals surface area (Å²) in [7, 11) is 0. The van der Waals surface area contributed by atoms with Crippen LogP contribution in [0.2, 0.25) is 5.02 Å². The number of hydrazone groups is 1. The van der Waals surface area contributed by atoms with E-state index < -0.39 is 18.0 Å². The molecular weight excluding hydrogens is 416 g/mol. The second-order valence-electron chi connectivity index (χ2n) is 6.77. The molecular formula is C24H21ClN2O4. The minimum Gasteiger partial charge on any atom is -0.481 e. The van der Waals surface area contributed by atoms with E-state index in [2.05, 4.69) is 10.5 Å². The number of aryl methyl sites for hydroxylation is 1. The fourth-order valence-corrected chi connectivity index (χ4v) is 2.64. The van der Waals surface area contributed by atoms with E-state index in [1.807, 2.05) is 19.1 Å². The van der Waals surface area contributed by atoms with Gasteiger partial charge in [0, 0.05) is 5.02 Å². The number of hydrogen-bond donors (Lipinski definition) is 1. The van der Waals surface area contributed by atoms with Gasteiger partial charge >= 0.3 is 5.97 Å². The lowest BCUT2D eigenvalue weighted by Gasteiger charge is -2.12. The van der Waals surface area contributed by atoms with Crippen molar-refractivity contribution >= 4 is 29.7 Å². The molecule has 31 heavy (non-hydrogen) atoms. The summed E-state index contributed by atoms with van der Waals surface area (Å²) in [5.41, 5.74) is 4.70. The van der Waals surface area contributed by atoms with Gasteiger partial charge in [-0.1, -0.05) is 29.3 Å². The van der Waals surface area contributed by atoms with E-state index in [0.29, 0.717) is 22.1 Å². The van der Waals surface area contributed by atoms with Crippen LogP contribution in [0.5, 0.6) is 11.5 Å². The molecule has 3 aromatic rings. The van der Waals surface area contributed by atoms with Crippen molar-refractivity contribution in [2.75, 3.05) is 0 Å². The Morgan fingerprint density at radius 2 is 1.55 bits per heavy atom. The maximum Gasteiger partial charge on any atom is 0.343 e. The van der Waals surface area contributed by atoms with E-state index in [4.69, 9.17) is 21.1 Å². The van der Waals surface area contributed by atoms with Crippen molar-refractivity contribution in [2.45, 2.75) is 20.0 Å². The van der Waals surface area contributed by atoms with Crippen molar-refractivity contribution < 1.29 is 19.1 Å². The third-order valence-electron chi connectivity index (χ3n) is 4.26. The molecule has 0 aliphatic carbocycles. The molecule has 0 fully saturated rings. The Morgan fingerprint density at radius 3 is 2.19 bits per heavy atom. The van der Waals surface area contributed by atoms with Gasteiger partial charge in [0.1, 0.15) is 11.5 Å². The Balaban J connectivity index is 1.49. The largest absolute Gasteiger partial charge is 0.481 e. The van der Waals surface area contributed by atoms with Crippen LogP contribution in [0.15, 0.2) is 77.9 Å². The smallest absolute Gasteiger partial charge is 0.343 e. The van der Waals surface area contributed by atoms with E-state index in [-0.39, 0.29) is 0 Å². The summed E-state index contributed by atoms with van der Waals surface area (Å²) in [5, 5.41) is 4.52. The Bertz CT molecular complexity index is 1060. The molecule has 1 amide bonds. The van der Waals surface area contributed by atoms with Gasteiger partial charge in [0.2, 0.25) is 0 Å². The molecule has 0 unspecified atom stereocenters. The topological polar surface area (TPSA) is 77.0 Å². The number of nitrogens with one attached hydrogen (secondary N) is 1. The average Bonchev–Trinajstić information content (AvgIpc) is 2.77. The van der Waals surface area contributed by atoms with Crippen LogP contribution in [0.25, 0.3) is 0 Å². The molecule has 0 aliphatic rings. The molecule has 0 saturated heterocycles. The molecule has 0 aromatic heterocycles. The van der Waals surface area contributed by atoms with E-state index in [1.165, 1.54) is 6.21 Å². The number of esters is 1. The predicted octanol–water partition coefficient (Wildman–Crippen LogP) is 4.79. The molecule has 6 nitrogen and oxygen atoms in total. The number of hydrogen-bond acceptors (Lipinski definition) is 5. The third kappa shape index (κ3) is 6.69. The predicted molar refractivity (Wildman–Crippen MR) is 120 cm³/mol. The summed E-state index contributed by atoms with van der Waals surface area (Å²) in [6, 6.07) is 20.6. The summed E-state index contributed by atoms with van der Waals surface area (Å²) < 4.78 is 10.9. The summed E-state index contributed by atoms with van der Waals surface area (Å²) in [6.45, 7) is 3.57. The number of nitrogens with zero attached hydrogens (tertiary/aromatic N) is 1. The van der Waals surface area contributed by atoms with Crippen molar-refractivity contribution in [3.63, 3.8) is 0 Å². The van der Waals surface area contributed by atoms with Gasteiger partial charge in [0.05, 0.1) is 11.8 Å². The van der Waals surface area contributed by atoms with Gasteiger partial charge in [-0.25, -0.2) is 10.2 Å². The van der Waals surface area contributed by atoms with Gasteiger partial charge in [-0.05, 0) is 80.1 Å². The Hall–Kier alpha value is -3.64. The third-order valence-corrected chi connectivity index (χ3v) is 4.51. The summed E-state index contributed by atoms with van der Waals surface area (Å²) in [5.74, 6) is 0.127. The van der Waals surface area contributed by atoms with Gasteiger partial charge in [-0.15, -0.1) is 0 Å². The minimum absolute atomic E-state index is 0.394. The SMILES string of the molecule is Cc1ccc(C(=O)Oc2ccc(/C=N\NC(=O)[C@@H](C)Oc3ccc(Cl)cc3)cc2)cc1. The molecule has 0 heterocycles. The standard InChI is InChI=1S/C24H21ClN2O4/c1-16-3-7-19(8-4-16)24(29)31-22-11-5-18(6-12-22)15-26-27-23(28)17(2)30-21-13-9-20(25)10-14-21/h3-15,17H,1-2H3,(H,27,28)/b26-15-/t17-/m1/s1. The lowest BCUT2D eigenvalue weighted by Crippen LogP contribution is -2.33. The molecule has 0 aliphatic heterocycles. The van der Waals surface area contributed by atoms with Crippen LogP contribution >= 0.6 is 11.6 Å². The van der Waals surface area contributed by atoms with Gasteiger partial charge in [-0.2, -0.15) is 5.10 Å². The fourth-order valence-electron chi connectivity index (χ4n) is 2.51. The minimum atomic E-state index is -0.734. The lowest BCUT2D eigenvalue weighted by atomic mass is 10.1. The highest BCUT2D eigenvalue weighted by Crippen LogP contribution is 2.17. The number of carbonyl (C=O) groups excluding carboxylic acids is 2. The van der Waals surface area contributed by atoms with Gasteiger partial charge < -0.3 is 9.47 Å². The lowest BCUT2D eigenvalue weighted by molar-refractivity contribution is -0.127.